The average Bonchev–Trinajstić information content (AvgIpc) is 2.72. The van der Waals surface area contributed by atoms with E-state index in [-0.39, 0.29) is 12.1 Å². The molecule has 1 atom stereocenters. The summed E-state index contributed by atoms with van der Waals surface area (Å²) in [6.07, 6.45) is 1.01. The molecule has 0 spiro atoms. The monoisotopic (exact) mass is 527 g/mol. The maximum atomic E-state index is 14.3. The van der Waals surface area contributed by atoms with Crippen molar-refractivity contribution in [1.29, 1.82) is 0 Å². The zero-order valence-electron chi connectivity index (χ0n) is 18.4. The highest BCUT2D eigenvalue weighted by Gasteiger charge is 2.30. The molecule has 0 fully saturated rings. The fourth-order valence-electron chi connectivity index (χ4n) is 3.11. The van der Waals surface area contributed by atoms with Crippen LogP contribution in [0.3, 0.4) is 0 Å². The number of likely N-dealkylation sites (N-methyl/N-ethyl adjacent to an activating group) is 1. The van der Waals surface area contributed by atoms with Crippen LogP contribution < -0.4 is 9.62 Å². The van der Waals surface area contributed by atoms with E-state index < -0.39 is 40.2 Å². The maximum absolute atomic E-state index is 14.3. The Hall–Kier alpha value is -2.46. The molecule has 2 rings (SSSR count). The van der Waals surface area contributed by atoms with E-state index in [9.17, 15) is 22.4 Å². The number of nitrogens with one attached hydrogen (secondary N) is 1. The first kappa shape index (κ1) is 25.8. The van der Waals surface area contributed by atoms with E-state index in [0.29, 0.717) is 12.2 Å². The number of rotatable bonds is 9. The summed E-state index contributed by atoms with van der Waals surface area (Å²) in [5, 5.41) is 2.65. The number of halogens is 2. The highest BCUT2D eigenvalue weighted by atomic mass is 79.9. The Balaban J connectivity index is 2.42. The Morgan fingerprint density at radius 1 is 1.19 bits per heavy atom. The molecule has 32 heavy (non-hydrogen) atoms. The normalized spacial score (nSPS) is 12.2. The second-order valence-corrected chi connectivity index (χ2v) is 10.1. The standard InChI is InChI=1S/C22H27BrFN3O4S/c1-5-25-22(29)16(3)26(13-17-8-6-7-9-20(17)24)21(28)14-27(32(4,30)31)18-10-11-19(23)15(2)12-18/h6-12,16H,5,13-14H2,1-4H3,(H,25,29)/t16-/m1/s1. The van der Waals surface area contributed by atoms with Crippen LogP contribution in [0.5, 0.6) is 0 Å². The summed E-state index contributed by atoms with van der Waals surface area (Å²) in [5.41, 5.74) is 1.34. The molecule has 0 aliphatic carbocycles. The molecule has 0 unspecified atom stereocenters. The van der Waals surface area contributed by atoms with Gasteiger partial charge in [0.25, 0.3) is 0 Å². The van der Waals surface area contributed by atoms with Crippen molar-refractivity contribution in [3.05, 3.63) is 63.9 Å². The molecule has 1 N–H and O–H groups in total. The molecular weight excluding hydrogens is 501 g/mol. The van der Waals surface area contributed by atoms with Crippen LogP contribution in [0.15, 0.2) is 46.9 Å². The van der Waals surface area contributed by atoms with Crippen molar-refractivity contribution < 1.29 is 22.4 Å². The number of aryl methyl sites for hydroxylation is 1. The fourth-order valence-corrected chi connectivity index (χ4v) is 4.20. The molecule has 0 saturated heterocycles. The molecule has 0 aliphatic rings. The Morgan fingerprint density at radius 2 is 1.84 bits per heavy atom. The zero-order valence-corrected chi connectivity index (χ0v) is 20.8. The highest BCUT2D eigenvalue weighted by Crippen LogP contribution is 2.25. The van der Waals surface area contributed by atoms with Gasteiger partial charge in [-0.3, -0.25) is 13.9 Å². The summed E-state index contributed by atoms with van der Waals surface area (Å²) < 4.78 is 41.1. The molecule has 0 aliphatic heterocycles. The van der Waals surface area contributed by atoms with Crippen LogP contribution >= 0.6 is 15.9 Å². The topological polar surface area (TPSA) is 86.8 Å². The van der Waals surface area contributed by atoms with Crippen LogP contribution in [0, 0.1) is 12.7 Å². The number of sulfonamides is 1. The number of hydrogen-bond acceptors (Lipinski definition) is 4. The third-order valence-corrected chi connectivity index (χ3v) is 6.96. The van der Waals surface area contributed by atoms with Crippen LogP contribution in [0.4, 0.5) is 10.1 Å². The van der Waals surface area contributed by atoms with Gasteiger partial charge in [-0.05, 0) is 50.6 Å². The minimum Gasteiger partial charge on any atom is -0.355 e. The number of amides is 2. The number of benzene rings is 2. The lowest BCUT2D eigenvalue weighted by atomic mass is 10.1. The smallest absolute Gasteiger partial charge is 0.244 e. The minimum absolute atomic E-state index is 0.180. The first-order valence-corrected chi connectivity index (χ1v) is 12.6. The summed E-state index contributed by atoms with van der Waals surface area (Å²) in [4.78, 5) is 27.0. The van der Waals surface area contributed by atoms with Crippen molar-refractivity contribution >= 4 is 43.5 Å². The Morgan fingerprint density at radius 3 is 2.41 bits per heavy atom. The summed E-state index contributed by atoms with van der Waals surface area (Å²) in [6, 6.07) is 9.93. The van der Waals surface area contributed by atoms with E-state index in [4.69, 9.17) is 0 Å². The van der Waals surface area contributed by atoms with Gasteiger partial charge in [0, 0.05) is 23.1 Å². The maximum Gasteiger partial charge on any atom is 0.244 e. The van der Waals surface area contributed by atoms with E-state index in [1.807, 2.05) is 0 Å². The van der Waals surface area contributed by atoms with Gasteiger partial charge >= 0.3 is 0 Å². The van der Waals surface area contributed by atoms with E-state index in [1.165, 1.54) is 30.0 Å². The molecule has 0 aromatic heterocycles. The lowest BCUT2D eigenvalue weighted by molar-refractivity contribution is -0.139. The molecule has 2 amide bonds. The molecule has 0 saturated carbocycles. The molecule has 10 heteroatoms. The largest absolute Gasteiger partial charge is 0.355 e. The lowest BCUT2D eigenvalue weighted by Crippen LogP contribution is -2.51. The van der Waals surface area contributed by atoms with Crippen molar-refractivity contribution in [1.82, 2.24) is 10.2 Å². The molecule has 174 valence electrons. The molecule has 0 heterocycles. The quantitative estimate of drug-likeness (QED) is 0.542. The number of carbonyl (C=O) groups excluding carboxylic acids is 2. The van der Waals surface area contributed by atoms with E-state index in [2.05, 4.69) is 21.2 Å². The van der Waals surface area contributed by atoms with Gasteiger partial charge in [0.1, 0.15) is 18.4 Å². The van der Waals surface area contributed by atoms with Crippen molar-refractivity contribution in [2.45, 2.75) is 33.4 Å². The third-order valence-electron chi connectivity index (χ3n) is 4.93. The first-order chi connectivity index (χ1) is 15.0. The average molecular weight is 528 g/mol. The molecule has 2 aromatic rings. The molecular formula is C22H27BrFN3O4S. The Kier molecular flexibility index (Phi) is 8.80. The van der Waals surface area contributed by atoms with Gasteiger partial charge in [0.05, 0.1) is 11.9 Å². The second-order valence-electron chi connectivity index (χ2n) is 7.39. The summed E-state index contributed by atoms with van der Waals surface area (Å²) in [6.45, 7) is 4.72. The van der Waals surface area contributed by atoms with Gasteiger partial charge in [0.15, 0.2) is 0 Å². The highest BCUT2D eigenvalue weighted by molar-refractivity contribution is 9.10. The van der Waals surface area contributed by atoms with Gasteiger partial charge in [-0.15, -0.1) is 0 Å². The minimum atomic E-state index is -3.82. The van der Waals surface area contributed by atoms with Gasteiger partial charge in [-0.2, -0.15) is 0 Å². The fraction of sp³-hybridized carbons (Fsp3) is 0.364. The van der Waals surface area contributed by atoms with Gasteiger partial charge < -0.3 is 10.2 Å². The van der Waals surface area contributed by atoms with Crippen LogP contribution in [0.1, 0.15) is 25.0 Å². The predicted molar refractivity (Wildman–Crippen MR) is 126 cm³/mol. The van der Waals surface area contributed by atoms with E-state index >= 15 is 0 Å². The van der Waals surface area contributed by atoms with Crippen molar-refractivity contribution in [2.24, 2.45) is 0 Å². The predicted octanol–water partition coefficient (Wildman–Crippen LogP) is 3.22. The van der Waals surface area contributed by atoms with Crippen LogP contribution in [0.25, 0.3) is 0 Å². The van der Waals surface area contributed by atoms with Crippen molar-refractivity contribution in [2.75, 3.05) is 23.7 Å². The molecule has 0 bridgehead atoms. The number of nitrogens with zero attached hydrogens (tertiary/aromatic N) is 2. The van der Waals surface area contributed by atoms with Gasteiger partial charge in [0.2, 0.25) is 21.8 Å². The van der Waals surface area contributed by atoms with E-state index in [1.54, 1.807) is 38.1 Å². The third kappa shape index (κ3) is 6.52. The lowest BCUT2D eigenvalue weighted by Gasteiger charge is -2.31. The summed E-state index contributed by atoms with van der Waals surface area (Å²) >= 11 is 3.37. The Labute approximate surface area is 196 Å². The SMILES string of the molecule is CCNC(=O)[C@@H](C)N(Cc1ccccc1F)C(=O)CN(c1ccc(Br)c(C)c1)S(C)(=O)=O. The number of anilines is 1. The summed E-state index contributed by atoms with van der Waals surface area (Å²) in [5.74, 6) is -1.56. The van der Waals surface area contributed by atoms with Crippen molar-refractivity contribution in [3.63, 3.8) is 0 Å². The van der Waals surface area contributed by atoms with Crippen molar-refractivity contribution in [3.8, 4) is 0 Å². The molecule has 7 nitrogen and oxygen atoms in total. The van der Waals surface area contributed by atoms with Gasteiger partial charge in [-0.25, -0.2) is 12.8 Å². The first-order valence-electron chi connectivity index (χ1n) is 10.00. The van der Waals surface area contributed by atoms with Crippen LogP contribution in [0.2, 0.25) is 0 Å². The molecule has 2 aromatic carbocycles. The van der Waals surface area contributed by atoms with Crippen LogP contribution in [-0.2, 0) is 26.2 Å². The number of hydrogen-bond donors (Lipinski definition) is 1. The second kappa shape index (κ2) is 10.9. The van der Waals surface area contributed by atoms with Gasteiger partial charge in [-0.1, -0.05) is 34.1 Å². The van der Waals surface area contributed by atoms with E-state index in [0.717, 1.165) is 20.6 Å². The van der Waals surface area contributed by atoms with Crippen LogP contribution in [-0.4, -0.2) is 50.5 Å². The number of carbonyl (C=O) groups is 2. The molecule has 0 radical (unpaired) electrons. The summed E-state index contributed by atoms with van der Waals surface area (Å²) in [7, 11) is -3.82. The Bertz CT molecular complexity index is 1090. The zero-order chi connectivity index (χ0) is 24.1.